The summed E-state index contributed by atoms with van der Waals surface area (Å²) < 4.78 is 5.13. The molecule has 2 saturated carbocycles. The Morgan fingerprint density at radius 3 is 2.75 bits per heavy atom. The molecule has 0 saturated heterocycles. The summed E-state index contributed by atoms with van der Waals surface area (Å²) in [5.74, 6) is 0.357. The number of carbonyl (C=O) groups excluding carboxylic acids is 1. The van der Waals surface area contributed by atoms with Crippen LogP contribution in [0.5, 0.6) is 0 Å². The maximum atomic E-state index is 11.6. The van der Waals surface area contributed by atoms with Crippen molar-refractivity contribution in [2.24, 2.45) is 5.41 Å². The van der Waals surface area contributed by atoms with E-state index in [1.165, 1.54) is 0 Å². The van der Waals surface area contributed by atoms with Crippen LogP contribution in [0.15, 0.2) is 11.8 Å². The highest BCUT2D eigenvalue weighted by molar-refractivity contribution is 6.03. The van der Waals surface area contributed by atoms with E-state index in [-0.39, 0.29) is 5.41 Å². The zero-order valence-corrected chi connectivity index (χ0v) is 7.43. The molecule has 2 rings (SSSR count). The quantitative estimate of drug-likeness (QED) is 0.463. The Morgan fingerprint density at radius 1 is 1.50 bits per heavy atom. The molecule has 0 radical (unpaired) electrons. The number of allylic oxidation sites excluding steroid dienone is 1. The van der Waals surface area contributed by atoms with Crippen LogP contribution in [0.25, 0.3) is 0 Å². The van der Waals surface area contributed by atoms with Crippen molar-refractivity contribution in [3.63, 3.8) is 0 Å². The second-order valence-electron chi connectivity index (χ2n) is 3.71. The lowest BCUT2D eigenvalue weighted by Gasteiger charge is -1.99. The molecule has 0 aromatic heterocycles. The summed E-state index contributed by atoms with van der Waals surface area (Å²) in [5.41, 5.74) is 0.998. The molecule has 0 amide bonds. The van der Waals surface area contributed by atoms with Crippen LogP contribution >= 0.6 is 0 Å². The fourth-order valence-electron chi connectivity index (χ4n) is 1.87. The van der Waals surface area contributed by atoms with Gasteiger partial charge in [-0.2, -0.15) is 0 Å². The van der Waals surface area contributed by atoms with Crippen LogP contribution < -0.4 is 0 Å². The Kier molecular flexibility index (Phi) is 1.71. The van der Waals surface area contributed by atoms with Gasteiger partial charge in [-0.15, -0.1) is 0 Å². The van der Waals surface area contributed by atoms with Crippen molar-refractivity contribution in [3.05, 3.63) is 11.8 Å². The van der Waals surface area contributed by atoms with Gasteiger partial charge in [-0.3, -0.25) is 4.79 Å². The van der Waals surface area contributed by atoms with E-state index < -0.39 is 0 Å². The standard InChI is InChI=1S/C10H14O2/c1-2-12-7-8-3-4-10(5-6-10)9(8)11/h7H,2-6H2,1H3/b8-7-. The first kappa shape index (κ1) is 7.84. The highest BCUT2D eigenvalue weighted by atomic mass is 16.5. The van der Waals surface area contributed by atoms with Crippen LogP contribution in [0.3, 0.4) is 0 Å². The van der Waals surface area contributed by atoms with Gasteiger partial charge >= 0.3 is 0 Å². The molecule has 0 aromatic carbocycles. The second-order valence-corrected chi connectivity index (χ2v) is 3.71. The molecule has 0 atom stereocenters. The first-order valence-electron chi connectivity index (χ1n) is 4.64. The van der Waals surface area contributed by atoms with Crippen molar-refractivity contribution in [1.29, 1.82) is 0 Å². The molecule has 2 aliphatic carbocycles. The van der Waals surface area contributed by atoms with Crippen molar-refractivity contribution >= 4 is 5.78 Å². The van der Waals surface area contributed by atoms with E-state index in [1.807, 2.05) is 6.92 Å². The third kappa shape index (κ3) is 1.06. The first-order chi connectivity index (χ1) is 5.78. The monoisotopic (exact) mass is 166 g/mol. The normalized spacial score (nSPS) is 28.4. The molecule has 2 heteroatoms. The Hall–Kier alpha value is -0.790. The summed E-state index contributed by atoms with van der Waals surface area (Å²) in [4.78, 5) is 11.6. The fourth-order valence-corrected chi connectivity index (χ4v) is 1.87. The molecule has 1 spiro atoms. The zero-order valence-electron chi connectivity index (χ0n) is 7.43. The Balaban J connectivity index is 2.06. The van der Waals surface area contributed by atoms with Crippen molar-refractivity contribution in [2.45, 2.75) is 32.6 Å². The largest absolute Gasteiger partial charge is 0.501 e. The molecule has 0 N–H and O–H groups in total. The number of hydrogen-bond acceptors (Lipinski definition) is 2. The molecular weight excluding hydrogens is 152 g/mol. The number of hydrogen-bond donors (Lipinski definition) is 0. The summed E-state index contributed by atoms with van der Waals surface area (Å²) in [5, 5.41) is 0. The second kappa shape index (κ2) is 2.61. The van der Waals surface area contributed by atoms with E-state index in [0.29, 0.717) is 12.4 Å². The summed E-state index contributed by atoms with van der Waals surface area (Å²) in [6.07, 6.45) is 5.86. The molecule has 0 bridgehead atoms. The lowest BCUT2D eigenvalue weighted by Crippen LogP contribution is -2.07. The van der Waals surface area contributed by atoms with Crippen LogP contribution in [0.2, 0.25) is 0 Å². The smallest absolute Gasteiger partial charge is 0.168 e. The lowest BCUT2D eigenvalue weighted by molar-refractivity contribution is -0.119. The molecular formula is C10H14O2. The summed E-state index contributed by atoms with van der Waals surface area (Å²) in [6, 6.07) is 0. The first-order valence-corrected chi connectivity index (χ1v) is 4.64. The van der Waals surface area contributed by atoms with Gasteiger partial charge in [-0.25, -0.2) is 0 Å². The van der Waals surface area contributed by atoms with Gasteiger partial charge in [0.15, 0.2) is 5.78 Å². The van der Waals surface area contributed by atoms with E-state index in [4.69, 9.17) is 4.74 Å². The van der Waals surface area contributed by atoms with Gasteiger partial charge in [-0.05, 0) is 32.6 Å². The van der Waals surface area contributed by atoms with Crippen molar-refractivity contribution < 1.29 is 9.53 Å². The average Bonchev–Trinajstić information content (AvgIpc) is 2.78. The van der Waals surface area contributed by atoms with Crippen molar-refractivity contribution in [3.8, 4) is 0 Å². The maximum Gasteiger partial charge on any atom is 0.168 e. The van der Waals surface area contributed by atoms with Crippen LogP contribution in [0.4, 0.5) is 0 Å². The topological polar surface area (TPSA) is 26.3 Å². The Morgan fingerprint density at radius 2 is 2.25 bits per heavy atom. The summed E-state index contributed by atoms with van der Waals surface area (Å²) in [6.45, 7) is 2.59. The lowest BCUT2D eigenvalue weighted by atomic mass is 10.0. The molecule has 0 heterocycles. The average molecular weight is 166 g/mol. The number of rotatable bonds is 2. The van der Waals surface area contributed by atoms with Crippen LogP contribution in [0, 0.1) is 5.41 Å². The third-order valence-corrected chi connectivity index (χ3v) is 2.89. The van der Waals surface area contributed by atoms with Crippen molar-refractivity contribution in [1.82, 2.24) is 0 Å². The van der Waals surface area contributed by atoms with E-state index in [2.05, 4.69) is 0 Å². The maximum absolute atomic E-state index is 11.6. The van der Waals surface area contributed by atoms with Gasteiger partial charge in [0.1, 0.15) is 0 Å². The van der Waals surface area contributed by atoms with Crippen LogP contribution in [0.1, 0.15) is 32.6 Å². The Labute approximate surface area is 72.6 Å². The fraction of sp³-hybridized carbons (Fsp3) is 0.700. The highest BCUT2D eigenvalue weighted by Gasteiger charge is 2.53. The summed E-state index contributed by atoms with van der Waals surface area (Å²) in [7, 11) is 0. The highest BCUT2D eigenvalue weighted by Crippen LogP contribution is 2.56. The van der Waals surface area contributed by atoms with Gasteiger partial charge in [0.25, 0.3) is 0 Å². The number of carbonyl (C=O) groups is 1. The number of Topliss-reactive ketones (excluding diaryl/α,β-unsaturated/α-hetero) is 1. The number of ketones is 1. The van der Waals surface area contributed by atoms with Gasteiger partial charge in [0.05, 0.1) is 12.9 Å². The zero-order chi connectivity index (χ0) is 8.60. The summed E-state index contributed by atoms with van der Waals surface area (Å²) >= 11 is 0. The molecule has 0 aliphatic heterocycles. The predicted octanol–water partition coefficient (Wildman–Crippen LogP) is 2.05. The van der Waals surface area contributed by atoms with E-state index in [1.54, 1.807) is 6.26 Å². The minimum Gasteiger partial charge on any atom is -0.501 e. The SMILES string of the molecule is CCO/C=C1/CCC2(CC2)C1=O. The number of ether oxygens (including phenoxy) is 1. The van der Waals surface area contributed by atoms with Gasteiger partial charge in [0, 0.05) is 11.0 Å². The van der Waals surface area contributed by atoms with Gasteiger partial charge in [-0.1, -0.05) is 0 Å². The molecule has 2 fully saturated rings. The minimum atomic E-state index is 0.0862. The van der Waals surface area contributed by atoms with Crippen LogP contribution in [-0.4, -0.2) is 12.4 Å². The molecule has 2 nitrogen and oxygen atoms in total. The molecule has 0 aromatic rings. The predicted molar refractivity (Wildman–Crippen MR) is 45.6 cm³/mol. The molecule has 2 aliphatic rings. The van der Waals surface area contributed by atoms with Crippen molar-refractivity contribution in [2.75, 3.05) is 6.61 Å². The molecule has 0 unspecified atom stereocenters. The molecule has 66 valence electrons. The van der Waals surface area contributed by atoms with E-state index >= 15 is 0 Å². The van der Waals surface area contributed by atoms with E-state index in [0.717, 1.165) is 31.3 Å². The third-order valence-electron chi connectivity index (χ3n) is 2.89. The van der Waals surface area contributed by atoms with Gasteiger partial charge < -0.3 is 4.74 Å². The van der Waals surface area contributed by atoms with E-state index in [9.17, 15) is 4.79 Å². The Bertz CT molecular complexity index is 236. The van der Waals surface area contributed by atoms with Gasteiger partial charge in [0.2, 0.25) is 0 Å². The van der Waals surface area contributed by atoms with Crippen LogP contribution in [-0.2, 0) is 9.53 Å². The minimum absolute atomic E-state index is 0.0862. The molecule has 12 heavy (non-hydrogen) atoms.